The molecule has 1 unspecified atom stereocenters. The van der Waals surface area contributed by atoms with Crippen LogP contribution >= 0.6 is 11.6 Å². The van der Waals surface area contributed by atoms with Crippen molar-refractivity contribution in [2.24, 2.45) is 0 Å². The molecule has 0 bridgehead atoms. The first-order chi connectivity index (χ1) is 13.3. The van der Waals surface area contributed by atoms with Crippen LogP contribution in [0.4, 0.5) is 10.1 Å². The zero-order valence-corrected chi connectivity index (χ0v) is 16.5. The maximum Gasteiger partial charge on any atom is 0.259 e. The summed E-state index contributed by atoms with van der Waals surface area (Å²) in [6.45, 7) is 1.27. The van der Waals surface area contributed by atoms with Gasteiger partial charge >= 0.3 is 0 Å². The third-order valence-corrected chi connectivity index (χ3v) is 6.04. The van der Waals surface area contributed by atoms with Crippen LogP contribution in [-0.2, 0) is 10.0 Å². The molecule has 7 nitrogen and oxygen atoms in total. The van der Waals surface area contributed by atoms with Crippen LogP contribution in [-0.4, -0.2) is 40.6 Å². The van der Waals surface area contributed by atoms with Gasteiger partial charge in [-0.15, -0.1) is 0 Å². The summed E-state index contributed by atoms with van der Waals surface area (Å²) in [5.74, 6) is -1.26. The summed E-state index contributed by atoms with van der Waals surface area (Å²) in [7, 11) is -2.48. The highest BCUT2D eigenvalue weighted by molar-refractivity contribution is 7.89. The molecule has 0 spiro atoms. The van der Waals surface area contributed by atoms with Gasteiger partial charge in [0.1, 0.15) is 11.6 Å². The van der Waals surface area contributed by atoms with Crippen LogP contribution in [0.25, 0.3) is 0 Å². The van der Waals surface area contributed by atoms with Crippen molar-refractivity contribution in [1.82, 2.24) is 10.0 Å². The van der Waals surface area contributed by atoms with Crippen molar-refractivity contribution in [2.75, 3.05) is 25.5 Å². The molecular weight excluding hydrogens is 409 g/mol. The lowest BCUT2D eigenvalue weighted by Crippen LogP contribution is -2.36. The third kappa shape index (κ3) is 4.61. The number of methoxy groups -OCH3 is 1. The first-order valence-electron chi connectivity index (χ1n) is 8.47. The van der Waals surface area contributed by atoms with E-state index in [1.54, 1.807) is 0 Å². The second-order valence-electron chi connectivity index (χ2n) is 6.25. The van der Waals surface area contributed by atoms with Gasteiger partial charge in [-0.3, -0.25) is 4.79 Å². The molecule has 0 saturated carbocycles. The summed E-state index contributed by atoms with van der Waals surface area (Å²) in [4.78, 5) is 12.6. The van der Waals surface area contributed by atoms with Crippen LogP contribution in [0.5, 0.6) is 5.75 Å². The number of hydrogen-bond acceptors (Lipinski definition) is 5. The fraction of sp³-hybridized carbons (Fsp3) is 0.278. The van der Waals surface area contributed by atoms with Crippen LogP contribution in [0.1, 0.15) is 16.8 Å². The number of anilines is 1. The van der Waals surface area contributed by atoms with Gasteiger partial charge in [0, 0.05) is 17.6 Å². The first-order valence-corrected chi connectivity index (χ1v) is 10.3. The smallest absolute Gasteiger partial charge is 0.259 e. The van der Waals surface area contributed by atoms with E-state index in [1.165, 1.54) is 37.4 Å². The molecule has 1 heterocycles. The predicted molar refractivity (Wildman–Crippen MR) is 104 cm³/mol. The molecule has 1 fully saturated rings. The Morgan fingerprint density at radius 3 is 2.71 bits per heavy atom. The Kier molecular flexibility index (Phi) is 6.19. The molecule has 0 radical (unpaired) electrons. The molecule has 0 aliphatic carbocycles. The molecule has 10 heteroatoms. The van der Waals surface area contributed by atoms with Gasteiger partial charge < -0.3 is 15.4 Å². The molecule has 150 valence electrons. The largest absolute Gasteiger partial charge is 0.496 e. The minimum atomic E-state index is -3.83. The fourth-order valence-electron chi connectivity index (χ4n) is 2.85. The van der Waals surface area contributed by atoms with Crippen LogP contribution in [0.15, 0.2) is 41.3 Å². The molecule has 1 atom stereocenters. The Balaban J connectivity index is 1.88. The number of sulfonamides is 1. The number of nitrogens with one attached hydrogen (secondary N) is 3. The number of amides is 1. The molecule has 1 amide bonds. The molecule has 2 aromatic carbocycles. The summed E-state index contributed by atoms with van der Waals surface area (Å²) in [6.07, 6.45) is 0.679. The first kappa shape index (κ1) is 20.5. The van der Waals surface area contributed by atoms with Crippen LogP contribution in [0.3, 0.4) is 0 Å². The standard InChI is InChI=1S/C18H19ClFN3O4S/c1-27-17-5-3-13(28(25,26)23-12-6-7-21-10-12)9-14(17)18(24)22-16-4-2-11(19)8-15(16)20/h2-5,8-9,12,21,23H,6-7,10H2,1H3,(H,22,24). The van der Waals surface area contributed by atoms with Crippen molar-refractivity contribution in [3.05, 3.63) is 52.8 Å². The molecule has 3 N–H and O–H groups in total. The highest BCUT2D eigenvalue weighted by Crippen LogP contribution is 2.25. The summed E-state index contributed by atoms with van der Waals surface area (Å²) in [5.41, 5.74) is -0.121. The van der Waals surface area contributed by atoms with E-state index in [0.717, 1.165) is 12.6 Å². The zero-order valence-electron chi connectivity index (χ0n) is 15.0. The van der Waals surface area contributed by atoms with Crippen molar-refractivity contribution >= 4 is 33.2 Å². The van der Waals surface area contributed by atoms with Gasteiger partial charge in [-0.2, -0.15) is 0 Å². The highest BCUT2D eigenvalue weighted by atomic mass is 35.5. The maximum atomic E-state index is 14.0. The lowest BCUT2D eigenvalue weighted by molar-refractivity contribution is 0.102. The molecule has 28 heavy (non-hydrogen) atoms. The van der Waals surface area contributed by atoms with E-state index in [0.29, 0.717) is 13.0 Å². The topological polar surface area (TPSA) is 96.5 Å². The van der Waals surface area contributed by atoms with E-state index in [1.807, 2.05) is 0 Å². The third-order valence-electron chi connectivity index (χ3n) is 4.29. The summed E-state index contributed by atoms with van der Waals surface area (Å²) < 4.78 is 47.0. The van der Waals surface area contributed by atoms with Gasteiger partial charge in [-0.05, 0) is 49.4 Å². The molecule has 0 aromatic heterocycles. The Hall–Kier alpha value is -2.20. The minimum Gasteiger partial charge on any atom is -0.496 e. The Morgan fingerprint density at radius 1 is 1.29 bits per heavy atom. The summed E-state index contributed by atoms with van der Waals surface area (Å²) in [6, 6.07) is 7.53. The highest BCUT2D eigenvalue weighted by Gasteiger charge is 2.25. The number of rotatable bonds is 6. The van der Waals surface area contributed by atoms with Crippen molar-refractivity contribution in [3.63, 3.8) is 0 Å². The molecule has 3 rings (SSSR count). The quantitative estimate of drug-likeness (QED) is 0.657. The molecule has 2 aromatic rings. The van der Waals surface area contributed by atoms with E-state index in [2.05, 4.69) is 15.4 Å². The van der Waals surface area contributed by atoms with Gasteiger partial charge in [-0.25, -0.2) is 17.5 Å². The van der Waals surface area contributed by atoms with Gasteiger partial charge in [-0.1, -0.05) is 11.6 Å². The molecule has 1 aliphatic rings. The lowest BCUT2D eigenvalue weighted by atomic mass is 10.1. The van der Waals surface area contributed by atoms with Crippen molar-refractivity contribution in [2.45, 2.75) is 17.4 Å². The van der Waals surface area contributed by atoms with Gasteiger partial charge in [0.15, 0.2) is 0 Å². The van der Waals surface area contributed by atoms with Crippen LogP contribution in [0.2, 0.25) is 5.02 Å². The molecular formula is C18H19ClFN3O4S. The van der Waals surface area contributed by atoms with Crippen LogP contribution in [0, 0.1) is 5.82 Å². The lowest BCUT2D eigenvalue weighted by Gasteiger charge is -2.15. The monoisotopic (exact) mass is 427 g/mol. The van der Waals surface area contributed by atoms with E-state index < -0.39 is 21.7 Å². The van der Waals surface area contributed by atoms with Crippen LogP contribution < -0.4 is 20.1 Å². The Labute approximate surface area is 167 Å². The normalized spacial score (nSPS) is 16.8. The fourth-order valence-corrected chi connectivity index (χ4v) is 4.31. The minimum absolute atomic E-state index is 0.0377. The Bertz CT molecular complexity index is 994. The second-order valence-corrected chi connectivity index (χ2v) is 8.40. The van der Waals surface area contributed by atoms with Gasteiger partial charge in [0.2, 0.25) is 10.0 Å². The predicted octanol–water partition coefficient (Wildman–Crippen LogP) is 2.38. The number of carbonyl (C=O) groups excluding carboxylic acids is 1. The van der Waals surface area contributed by atoms with Crippen molar-refractivity contribution in [3.8, 4) is 5.75 Å². The number of carbonyl (C=O) groups is 1. The van der Waals surface area contributed by atoms with E-state index in [4.69, 9.17) is 16.3 Å². The zero-order chi connectivity index (χ0) is 20.3. The van der Waals surface area contributed by atoms with Gasteiger partial charge in [0.25, 0.3) is 5.91 Å². The second kappa shape index (κ2) is 8.44. The van der Waals surface area contributed by atoms with Gasteiger partial charge in [0.05, 0.1) is 23.3 Å². The summed E-state index contributed by atoms with van der Waals surface area (Å²) in [5, 5.41) is 5.67. The average Bonchev–Trinajstić information content (AvgIpc) is 3.15. The van der Waals surface area contributed by atoms with Crippen molar-refractivity contribution < 1.29 is 22.3 Å². The maximum absolute atomic E-state index is 14.0. The summed E-state index contributed by atoms with van der Waals surface area (Å²) >= 11 is 5.71. The molecule has 1 saturated heterocycles. The number of benzene rings is 2. The molecule has 1 aliphatic heterocycles. The SMILES string of the molecule is COc1ccc(S(=O)(=O)NC2CCNC2)cc1C(=O)Nc1ccc(Cl)cc1F. The number of halogens is 2. The van der Waals surface area contributed by atoms with E-state index in [9.17, 15) is 17.6 Å². The van der Waals surface area contributed by atoms with Crippen molar-refractivity contribution in [1.29, 1.82) is 0 Å². The average molecular weight is 428 g/mol. The number of hydrogen-bond donors (Lipinski definition) is 3. The Morgan fingerprint density at radius 2 is 2.07 bits per heavy atom. The number of ether oxygens (including phenoxy) is 1. The van der Waals surface area contributed by atoms with E-state index in [-0.39, 0.29) is 33.0 Å². The van der Waals surface area contributed by atoms with E-state index >= 15 is 0 Å².